The third-order valence-electron chi connectivity index (χ3n) is 4.57. The van der Waals surface area contributed by atoms with Crippen LogP contribution in [0.5, 0.6) is 0 Å². The number of aryl methyl sites for hydroxylation is 1. The lowest BCUT2D eigenvalue weighted by Crippen LogP contribution is -2.42. The lowest BCUT2D eigenvalue weighted by molar-refractivity contribution is 0.0116. The van der Waals surface area contributed by atoms with Crippen molar-refractivity contribution in [2.45, 2.75) is 26.5 Å². The fraction of sp³-hybridized carbons (Fsp3) is 0.529. The summed E-state index contributed by atoms with van der Waals surface area (Å²) in [5.41, 5.74) is 3.15. The van der Waals surface area contributed by atoms with Gasteiger partial charge in [-0.2, -0.15) is 0 Å². The molecule has 5 heteroatoms. The zero-order valence-corrected chi connectivity index (χ0v) is 13.2. The second-order valence-electron chi connectivity index (χ2n) is 6.05. The summed E-state index contributed by atoms with van der Waals surface area (Å²) < 4.78 is 20.9. The minimum Gasteiger partial charge on any atom is -0.390 e. The van der Waals surface area contributed by atoms with Gasteiger partial charge in [-0.25, -0.2) is 4.39 Å². The predicted molar refractivity (Wildman–Crippen MR) is 84.6 cm³/mol. The van der Waals surface area contributed by atoms with Gasteiger partial charge in [0.15, 0.2) is 0 Å². The molecule has 2 aromatic rings. The first-order chi connectivity index (χ1) is 10.6. The second kappa shape index (κ2) is 6.36. The van der Waals surface area contributed by atoms with Crippen LogP contribution >= 0.6 is 0 Å². The van der Waals surface area contributed by atoms with Crippen molar-refractivity contribution in [1.29, 1.82) is 0 Å². The summed E-state index contributed by atoms with van der Waals surface area (Å²) in [4.78, 5) is 2.22. The number of morpholine rings is 1. The molecule has 0 aliphatic carbocycles. The van der Waals surface area contributed by atoms with Crippen LogP contribution in [0.1, 0.15) is 11.3 Å². The highest BCUT2D eigenvalue weighted by Gasteiger charge is 2.18. The molecule has 1 N–H and O–H groups in total. The summed E-state index contributed by atoms with van der Waals surface area (Å²) in [5, 5.41) is 11.4. The number of aliphatic hydroxyl groups is 1. The van der Waals surface area contributed by atoms with Gasteiger partial charge >= 0.3 is 0 Å². The molecule has 1 aliphatic heterocycles. The smallest absolute Gasteiger partial charge is 0.123 e. The zero-order valence-electron chi connectivity index (χ0n) is 13.2. The minimum absolute atomic E-state index is 0.221. The number of nitrogens with zero attached hydrogens (tertiary/aromatic N) is 2. The van der Waals surface area contributed by atoms with Crippen LogP contribution in [0.3, 0.4) is 0 Å². The maximum atomic E-state index is 13.5. The van der Waals surface area contributed by atoms with Crippen LogP contribution in [0, 0.1) is 19.7 Å². The average Bonchev–Trinajstić information content (AvgIpc) is 2.73. The Hall–Kier alpha value is -1.43. The van der Waals surface area contributed by atoms with Crippen molar-refractivity contribution in [3.05, 3.63) is 35.3 Å². The lowest BCUT2D eigenvalue weighted by Gasteiger charge is -2.29. The Labute approximate surface area is 130 Å². The molecule has 1 saturated heterocycles. The molecule has 1 fully saturated rings. The number of fused-ring (bicyclic) bond motifs is 1. The van der Waals surface area contributed by atoms with E-state index >= 15 is 0 Å². The van der Waals surface area contributed by atoms with Crippen molar-refractivity contribution >= 4 is 10.9 Å². The highest BCUT2D eigenvalue weighted by Crippen LogP contribution is 2.26. The Balaban J connectivity index is 1.79. The monoisotopic (exact) mass is 306 g/mol. The van der Waals surface area contributed by atoms with Crippen molar-refractivity contribution in [2.75, 3.05) is 32.8 Å². The van der Waals surface area contributed by atoms with Crippen molar-refractivity contribution in [1.82, 2.24) is 9.47 Å². The Morgan fingerprint density at radius 2 is 1.95 bits per heavy atom. The van der Waals surface area contributed by atoms with E-state index in [1.165, 1.54) is 6.07 Å². The summed E-state index contributed by atoms with van der Waals surface area (Å²) >= 11 is 0. The van der Waals surface area contributed by atoms with Crippen LogP contribution in [0.4, 0.5) is 4.39 Å². The predicted octanol–water partition coefficient (Wildman–Crippen LogP) is 2.09. The van der Waals surface area contributed by atoms with Crippen molar-refractivity contribution in [3.63, 3.8) is 0 Å². The summed E-state index contributed by atoms with van der Waals surface area (Å²) in [5.74, 6) is -0.221. The zero-order chi connectivity index (χ0) is 15.7. The van der Waals surface area contributed by atoms with Gasteiger partial charge in [-0.05, 0) is 37.6 Å². The van der Waals surface area contributed by atoms with Crippen molar-refractivity contribution in [2.24, 2.45) is 0 Å². The molecule has 0 bridgehead atoms. The first-order valence-electron chi connectivity index (χ1n) is 7.79. The molecule has 0 amide bonds. The molecule has 1 atom stereocenters. The maximum Gasteiger partial charge on any atom is 0.123 e. The van der Waals surface area contributed by atoms with E-state index in [9.17, 15) is 9.50 Å². The van der Waals surface area contributed by atoms with Gasteiger partial charge in [0.25, 0.3) is 0 Å². The van der Waals surface area contributed by atoms with Gasteiger partial charge in [0.05, 0.1) is 25.9 Å². The minimum atomic E-state index is -0.447. The molecule has 2 heterocycles. The molecular formula is C17H23FN2O2. The molecule has 0 spiro atoms. The molecule has 4 nitrogen and oxygen atoms in total. The Bertz CT molecular complexity index is 662. The van der Waals surface area contributed by atoms with Gasteiger partial charge in [0, 0.05) is 36.2 Å². The number of halogens is 1. The van der Waals surface area contributed by atoms with Crippen LogP contribution in [0.2, 0.25) is 0 Å². The maximum absolute atomic E-state index is 13.5. The van der Waals surface area contributed by atoms with E-state index in [-0.39, 0.29) is 5.82 Å². The number of hydrogen-bond acceptors (Lipinski definition) is 3. The average molecular weight is 306 g/mol. The number of rotatable bonds is 4. The van der Waals surface area contributed by atoms with E-state index < -0.39 is 6.10 Å². The number of hydrogen-bond donors (Lipinski definition) is 1. The van der Waals surface area contributed by atoms with E-state index in [2.05, 4.69) is 9.47 Å². The van der Waals surface area contributed by atoms with E-state index in [0.29, 0.717) is 13.1 Å². The summed E-state index contributed by atoms with van der Waals surface area (Å²) in [6.07, 6.45) is -0.447. The van der Waals surface area contributed by atoms with Gasteiger partial charge in [-0.1, -0.05) is 0 Å². The van der Waals surface area contributed by atoms with Gasteiger partial charge in [-0.15, -0.1) is 0 Å². The quantitative estimate of drug-likeness (QED) is 0.940. The molecule has 0 saturated carbocycles. The van der Waals surface area contributed by atoms with E-state index in [1.54, 1.807) is 12.1 Å². The largest absolute Gasteiger partial charge is 0.390 e. The number of benzene rings is 1. The summed E-state index contributed by atoms with van der Waals surface area (Å²) in [6.45, 7) is 8.39. The third-order valence-corrected chi connectivity index (χ3v) is 4.57. The molecule has 0 radical (unpaired) electrons. The van der Waals surface area contributed by atoms with Crippen LogP contribution in [0.25, 0.3) is 10.9 Å². The molecule has 22 heavy (non-hydrogen) atoms. The first-order valence-corrected chi connectivity index (χ1v) is 7.79. The third kappa shape index (κ3) is 3.02. The summed E-state index contributed by atoms with van der Waals surface area (Å²) in [6, 6.07) is 4.85. The molecule has 3 rings (SSSR count). The number of ether oxygens (including phenoxy) is 1. The highest BCUT2D eigenvalue weighted by atomic mass is 19.1. The Kier molecular flexibility index (Phi) is 4.47. The fourth-order valence-electron chi connectivity index (χ4n) is 3.21. The van der Waals surface area contributed by atoms with E-state index in [1.807, 2.05) is 13.8 Å². The molecule has 120 valence electrons. The first kappa shape index (κ1) is 15.5. The van der Waals surface area contributed by atoms with E-state index in [4.69, 9.17) is 4.74 Å². The van der Waals surface area contributed by atoms with Gasteiger partial charge in [-0.3, -0.25) is 4.90 Å². The standard InChI is InChI=1S/C17H23FN2O2/c1-12-13(2)20(17-4-3-14(18)9-16(12)17)11-15(21)10-19-5-7-22-8-6-19/h3-4,9,15,21H,5-8,10-11H2,1-2H3/t15-/m0/s1. The number of β-amino-alcohol motifs (C(OH)–C–C–N with tert-alkyl or cyclic N) is 1. The molecular weight excluding hydrogens is 283 g/mol. The van der Waals surface area contributed by atoms with Crippen molar-refractivity contribution in [3.8, 4) is 0 Å². The van der Waals surface area contributed by atoms with Crippen LogP contribution in [0.15, 0.2) is 18.2 Å². The normalized spacial score (nSPS) is 18.0. The van der Waals surface area contributed by atoms with Crippen LogP contribution < -0.4 is 0 Å². The van der Waals surface area contributed by atoms with Gasteiger partial charge in [0.1, 0.15) is 5.82 Å². The summed E-state index contributed by atoms with van der Waals surface area (Å²) in [7, 11) is 0. The lowest BCUT2D eigenvalue weighted by atomic mass is 10.1. The van der Waals surface area contributed by atoms with E-state index in [0.717, 1.165) is 48.5 Å². The van der Waals surface area contributed by atoms with Crippen LogP contribution in [-0.4, -0.2) is 53.5 Å². The van der Waals surface area contributed by atoms with Gasteiger partial charge in [0.2, 0.25) is 0 Å². The highest BCUT2D eigenvalue weighted by molar-refractivity contribution is 5.85. The molecule has 1 aromatic carbocycles. The fourth-order valence-corrected chi connectivity index (χ4v) is 3.21. The molecule has 1 aromatic heterocycles. The molecule has 1 aliphatic rings. The van der Waals surface area contributed by atoms with Gasteiger partial charge < -0.3 is 14.4 Å². The van der Waals surface area contributed by atoms with Crippen LogP contribution in [-0.2, 0) is 11.3 Å². The number of aromatic nitrogens is 1. The Morgan fingerprint density at radius 1 is 1.23 bits per heavy atom. The Morgan fingerprint density at radius 3 is 2.68 bits per heavy atom. The van der Waals surface area contributed by atoms with Crippen molar-refractivity contribution < 1.29 is 14.2 Å². The topological polar surface area (TPSA) is 37.6 Å². The SMILES string of the molecule is Cc1c(C)n(C[C@@H](O)CN2CCOCC2)c2ccc(F)cc12. The second-order valence-corrected chi connectivity index (χ2v) is 6.05. The number of aliphatic hydroxyl groups excluding tert-OH is 1. The molecule has 0 unspecified atom stereocenters.